The fourth-order valence-corrected chi connectivity index (χ4v) is 2.70. The van der Waals surface area contributed by atoms with Crippen LogP contribution in [0.15, 0.2) is 24.3 Å². The first kappa shape index (κ1) is 12.4. The van der Waals surface area contributed by atoms with Gasteiger partial charge < -0.3 is 10.2 Å². The third kappa shape index (κ3) is 2.81. The molecular formula is C15H24N2. The Labute approximate surface area is 105 Å². The third-order valence-corrected chi connectivity index (χ3v) is 3.95. The first-order valence-electron chi connectivity index (χ1n) is 6.76. The molecule has 1 saturated heterocycles. The van der Waals surface area contributed by atoms with Gasteiger partial charge in [-0.15, -0.1) is 0 Å². The molecular weight excluding hydrogens is 208 g/mol. The summed E-state index contributed by atoms with van der Waals surface area (Å²) in [4.78, 5) is 2.49. The Morgan fingerprint density at radius 1 is 1.35 bits per heavy atom. The maximum atomic E-state index is 3.62. The topological polar surface area (TPSA) is 15.3 Å². The lowest BCUT2D eigenvalue weighted by molar-refractivity contribution is 0.477. The molecule has 2 nitrogen and oxygen atoms in total. The zero-order chi connectivity index (χ0) is 12.3. The first-order valence-corrected chi connectivity index (χ1v) is 6.76. The van der Waals surface area contributed by atoms with Crippen molar-refractivity contribution in [1.82, 2.24) is 5.32 Å². The second-order valence-electron chi connectivity index (χ2n) is 5.15. The Hall–Kier alpha value is -1.02. The second-order valence-corrected chi connectivity index (χ2v) is 5.15. The number of nitrogens with zero attached hydrogens (tertiary/aromatic N) is 1. The first-order chi connectivity index (χ1) is 8.22. The molecule has 1 fully saturated rings. The Morgan fingerprint density at radius 3 is 2.71 bits per heavy atom. The van der Waals surface area contributed by atoms with E-state index in [1.807, 2.05) is 0 Å². The highest BCUT2D eigenvalue weighted by Gasteiger charge is 2.24. The van der Waals surface area contributed by atoms with Gasteiger partial charge >= 0.3 is 0 Å². The summed E-state index contributed by atoms with van der Waals surface area (Å²) < 4.78 is 0. The molecule has 2 rings (SSSR count). The summed E-state index contributed by atoms with van der Waals surface area (Å²) in [5.74, 6) is 0.799. The molecule has 0 bridgehead atoms. The number of hydrogen-bond acceptors (Lipinski definition) is 2. The normalized spacial score (nSPS) is 23.9. The van der Waals surface area contributed by atoms with Crippen LogP contribution in [0.1, 0.15) is 25.8 Å². The van der Waals surface area contributed by atoms with E-state index in [-0.39, 0.29) is 0 Å². The van der Waals surface area contributed by atoms with E-state index in [9.17, 15) is 0 Å². The molecule has 0 spiro atoms. The van der Waals surface area contributed by atoms with Crippen LogP contribution < -0.4 is 10.2 Å². The van der Waals surface area contributed by atoms with Crippen molar-refractivity contribution in [3.8, 4) is 0 Å². The second kappa shape index (κ2) is 5.54. The largest absolute Gasteiger partial charge is 0.370 e. The van der Waals surface area contributed by atoms with Crippen molar-refractivity contribution in [2.45, 2.75) is 33.2 Å². The molecule has 2 atom stereocenters. The average Bonchev–Trinajstić information content (AvgIpc) is 2.73. The Morgan fingerprint density at radius 2 is 2.12 bits per heavy atom. The van der Waals surface area contributed by atoms with E-state index in [0.717, 1.165) is 19.0 Å². The summed E-state index contributed by atoms with van der Waals surface area (Å²) in [6, 6.07) is 9.33. The van der Waals surface area contributed by atoms with E-state index in [1.165, 1.54) is 24.2 Å². The average molecular weight is 232 g/mol. The predicted molar refractivity (Wildman–Crippen MR) is 74.6 cm³/mol. The van der Waals surface area contributed by atoms with Gasteiger partial charge in [-0.2, -0.15) is 0 Å². The van der Waals surface area contributed by atoms with Gasteiger partial charge in [0.15, 0.2) is 0 Å². The van der Waals surface area contributed by atoms with Crippen molar-refractivity contribution in [3.63, 3.8) is 0 Å². The molecule has 1 aliphatic heterocycles. The molecule has 0 radical (unpaired) electrons. The summed E-state index contributed by atoms with van der Waals surface area (Å²) in [5.41, 5.74) is 2.76. The van der Waals surface area contributed by atoms with Crippen molar-refractivity contribution < 1.29 is 0 Å². The molecule has 0 aliphatic carbocycles. The highest BCUT2D eigenvalue weighted by molar-refractivity contribution is 5.53. The zero-order valence-corrected chi connectivity index (χ0v) is 11.2. The van der Waals surface area contributed by atoms with Crippen molar-refractivity contribution >= 4 is 5.69 Å². The number of para-hydroxylation sites is 1. The summed E-state index contributed by atoms with van der Waals surface area (Å²) in [7, 11) is 0. The van der Waals surface area contributed by atoms with Crippen molar-refractivity contribution in [2.75, 3.05) is 24.5 Å². The molecule has 0 amide bonds. The van der Waals surface area contributed by atoms with Gasteiger partial charge in [0.25, 0.3) is 0 Å². The fraction of sp³-hybridized carbons (Fsp3) is 0.600. The van der Waals surface area contributed by atoms with E-state index < -0.39 is 0 Å². The van der Waals surface area contributed by atoms with E-state index in [1.54, 1.807) is 0 Å². The van der Waals surface area contributed by atoms with Gasteiger partial charge in [0.05, 0.1) is 0 Å². The number of aryl methyl sites for hydroxylation is 1. The van der Waals surface area contributed by atoms with Crippen molar-refractivity contribution in [2.24, 2.45) is 5.92 Å². The van der Waals surface area contributed by atoms with Crippen LogP contribution in [0.4, 0.5) is 5.69 Å². The predicted octanol–water partition coefficient (Wildman–Crippen LogP) is 2.82. The fourth-order valence-electron chi connectivity index (χ4n) is 2.70. The van der Waals surface area contributed by atoms with Gasteiger partial charge in [-0.05, 0) is 44.4 Å². The SMILES string of the molecule is CCN(CC1NCCC1C)c1ccccc1C. The van der Waals surface area contributed by atoms with Gasteiger partial charge in [0.2, 0.25) is 0 Å². The van der Waals surface area contributed by atoms with Gasteiger partial charge in [0.1, 0.15) is 0 Å². The van der Waals surface area contributed by atoms with Crippen LogP contribution in [0.25, 0.3) is 0 Å². The van der Waals surface area contributed by atoms with Crippen LogP contribution >= 0.6 is 0 Å². The molecule has 1 aliphatic rings. The van der Waals surface area contributed by atoms with Crippen LogP contribution in [-0.4, -0.2) is 25.7 Å². The Bertz CT molecular complexity index is 362. The number of likely N-dealkylation sites (N-methyl/N-ethyl adjacent to an activating group) is 1. The number of rotatable bonds is 4. The molecule has 1 aromatic carbocycles. The van der Waals surface area contributed by atoms with Crippen LogP contribution in [0.2, 0.25) is 0 Å². The smallest absolute Gasteiger partial charge is 0.0396 e. The highest BCUT2D eigenvalue weighted by atomic mass is 15.2. The lowest BCUT2D eigenvalue weighted by atomic mass is 10.0. The molecule has 1 N–H and O–H groups in total. The van der Waals surface area contributed by atoms with E-state index >= 15 is 0 Å². The zero-order valence-electron chi connectivity index (χ0n) is 11.2. The van der Waals surface area contributed by atoms with Crippen LogP contribution in [0.5, 0.6) is 0 Å². The minimum absolute atomic E-state index is 0.648. The van der Waals surface area contributed by atoms with Crippen LogP contribution in [0, 0.1) is 12.8 Å². The van der Waals surface area contributed by atoms with Gasteiger partial charge in [-0.25, -0.2) is 0 Å². The van der Waals surface area contributed by atoms with Gasteiger partial charge in [-0.3, -0.25) is 0 Å². The minimum atomic E-state index is 0.648. The Balaban J connectivity index is 2.09. The van der Waals surface area contributed by atoms with Crippen LogP contribution in [0.3, 0.4) is 0 Å². The molecule has 1 aromatic rings. The molecule has 2 unspecified atom stereocenters. The number of hydrogen-bond donors (Lipinski definition) is 1. The summed E-state index contributed by atoms with van der Waals surface area (Å²) in [6.07, 6.45) is 1.32. The van der Waals surface area contributed by atoms with Gasteiger partial charge in [0, 0.05) is 24.8 Å². The summed E-state index contributed by atoms with van der Waals surface area (Å²) >= 11 is 0. The number of benzene rings is 1. The minimum Gasteiger partial charge on any atom is -0.370 e. The maximum Gasteiger partial charge on any atom is 0.0396 e. The monoisotopic (exact) mass is 232 g/mol. The summed E-state index contributed by atoms with van der Waals surface area (Å²) in [5, 5.41) is 3.62. The molecule has 0 aromatic heterocycles. The van der Waals surface area contributed by atoms with E-state index in [2.05, 4.69) is 55.3 Å². The molecule has 2 heteroatoms. The molecule has 1 heterocycles. The highest BCUT2D eigenvalue weighted by Crippen LogP contribution is 2.22. The standard InChI is InChI=1S/C15H24N2/c1-4-17(11-14-12(2)9-10-16-14)15-8-6-5-7-13(15)3/h5-8,12,14,16H,4,9-11H2,1-3H3. The van der Waals surface area contributed by atoms with Crippen molar-refractivity contribution in [3.05, 3.63) is 29.8 Å². The number of nitrogens with one attached hydrogen (secondary N) is 1. The Kier molecular flexibility index (Phi) is 4.06. The molecule has 94 valence electrons. The lowest BCUT2D eigenvalue weighted by Gasteiger charge is -2.29. The van der Waals surface area contributed by atoms with Crippen molar-refractivity contribution in [1.29, 1.82) is 0 Å². The third-order valence-electron chi connectivity index (χ3n) is 3.95. The lowest BCUT2D eigenvalue weighted by Crippen LogP contribution is -2.40. The van der Waals surface area contributed by atoms with E-state index in [4.69, 9.17) is 0 Å². The molecule has 17 heavy (non-hydrogen) atoms. The summed E-state index contributed by atoms with van der Waals surface area (Å²) in [6.45, 7) is 10.2. The van der Waals surface area contributed by atoms with Gasteiger partial charge in [-0.1, -0.05) is 25.1 Å². The van der Waals surface area contributed by atoms with Crippen LogP contribution in [-0.2, 0) is 0 Å². The van der Waals surface area contributed by atoms with E-state index in [0.29, 0.717) is 6.04 Å². The number of anilines is 1. The quantitative estimate of drug-likeness (QED) is 0.858. The maximum absolute atomic E-state index is 3.62. The molecule has 0 saturated carbocycles.